The third-order valence-electron chi connectivity index (χ3n) is 6.39. The Kier molecular flexibility index (Phi) is 6.09. The van der Waals surface area contributed by atoms with Crippen LogP contribution in [0.25, 0.3) is 17.0 Å². The number of aromatic nitrogens is 2. The van der Waals surface area contributed by atoms with Crippen molar-refractivity contribution in [2.24, 2.45) is 5.92 Å². The van der Waals surface area contributed by atoms with Gasteiger partial charge in [0, 0.05) is 23.4 Å². The molecule has 2 N–H and O–H groups in total. The van der Waals surface area contributed by atoms with Gasteiger partial charge in [0.2, 0.25) is 0 Å². The second-order valence-electron chi connectivity index (χ2n) is 8.46. The zero-order chi connectivity index (χ0) is 21.0. The van der Waals surface area contributed by atoms with Crippen molar-refractivity contribution in [3.05, 3.63) is 64.7 Å². The van der Waals surface area contributed by atoms with E-state index in [2.05, 4.69) is 56.8 Å². The van der Waals surface area contributed by atoms with Crippen LogP contribution in [0, 0.1) is 5.92 Å². The molecule has 0 saturated carbocycles. The van der Waals surface area contributed by atoms with E-state index in [1.54, 1.807) is 0 Å². The number of rotatable bonds is 7. The van der Waals surface area contributed by atoms with Gasteiger partial charge in [-0.05, 0) is 68.5 Å². The molecule has 1 saturated heterocycles. The van der Waals surface area contributed by atoms with Crippen LogP contribution in [0.1, 0.15) is 30.5 Å². The highest BCUT2D eigenvalue weighted by molar-refractivity contribution is 8.04. The van der Waals surface area contributed by atoms with Gasteiger partial charge in [-0.25, -0.2) is 0 Å². The van der Waals surface area contributed by atoms with E-state index in [4.69, 9.17) is 0 Å². The lowest BCUT2D eigenvalue weighted by atomic mass is 9.93. The quantitative estimate of drug-likeness (QED) is 0.578. The maximum Gasteiger partial charge on any atom is 0.258 e. The molecule has 160 valence electrons. The number of nitrogens with zero attached hydrogens (tertiary/aromatic N) is 2. The van der Waals surface area contributed by atoms with Gasteiger partial charge in [-0.2, -0.15) is 5.10 Å². The number of aromatic amines is 1. The minimum absolute atomic E-state index is 0.0163. The Hall–Kier alpha value is -2.57. The standard InChI is InChI=1S/C25H28N4OS/c30-25(23-17-21-24-20(27-28-21)7-4-8-22(24)31-23)26-13-9-19-11-15-29(16-12-19)14-10-18-5-2-1-3-6-18/h1-8,17,19H,9-16H2,(H,26,30)(H,27,28). The van der Waals surface area contributed by atoms with Crippen LogP contribution < -0.4 is 5.32 Å². The number of piperidine rings is 1. The van der Waals surface area contributed by atoms with Gasteiger partial charge in [0.15, 0.2) is 0 Å². The molecule has 2 aliphatic rings. The summed E-state index contributed by atoms with van der Waals surface area (Å²) in [7, 11) is 0. The van der Waals surface area contributed by atoms with Gasteiger partial charge < -0.3 is 10.2 Å². The van der Waals surface area contributed by atoms with Gasteiger partial charge in [0.05, 0.1) is 16.1 Å². The summed E-state index contributed by atoms with van der Waals surface area (Å²) >= 11 is 1.53. The van der Waals surface area contributed by atoms with Crippen molar-refractivity contribution < 1.29 is 4.79 Å². The van der Waals surface area contributed by atoms with Crippen molar-refractivity contribution in [1.82, 2.24) is 20.4 Å². The highest BCUT2D eigenvalue weighted by atomic mass is 32.2. The number of benzene rings is 2. The second-order valence-corrected chi connectivity index (χ2v) is 9.55. The molecule has 1 aromatic heterocycles. The summed E-state index contributed by atoms with van der Waals surface area (Å²) < 4.78 is 0. The lowest BCUT2D eigenvalue weighted by molar-refractivity contribution is -0.116. The Labute approximate surface area is 187 Å². The van der Waals surface area contributed by atoms with Crippen LogP contribution in [-0.4, -0.2) is 47.2 Å². The summed E-state index contributed by atoms with van der Waals surface area (Å²) in [6.45, 7) is 4.21. The SMILES string of the molecule is O=C(NCCC1CCN(CCc2ccccc2)CC1)C1=Cc2[nH]nc3cccc(c23)S1. The number of carbonyl (C=O) groups excluding carboxylic acids is 1. The minimum atomic E-state index is 0.0163. The Bertz CT molecular complexity index is 1080. The molecule has 2 aromatic carbocycles. The van der Waals surface area contributed by atoms with E-state index < -0.39 is 0 Å². The van der Waals surface area contributed by atoms with Crippen LogP contribution >= 0.6 is 11.8 Å². The number of hydrogen-bond acceptors (Lipinski definition) is 4. The smallest absolute Gasteiger partial charge is 0.258 e. The minimum Gasteiger partial charge on any atom is -0.352 e. The van der Waals surface area contributed by atoms with E-state index in [0.29, 0.717) is 5.92 Å². The van der Waals surface area contributed by atoms with Gasteiger partial charge in [0.25, 0.3) is 5.91 Å². The molecule has 6 heteroatoms. The molecule has 0 bridgehead atoms. The monoisotopic (exact) mass is 432 g/mol. The third-order valence-corrected chi connectivity index (χ3v) is 7.48. The molecule has 0 unspecified atom stereocenters. The van der Waals surface area contributed by atoms with E-state index in [9.17, 15) is 4.79 Å². The molecule has 2 aliphatic heterocycles. The topological polar surface area (TPSA) is 61.0 Å². The van der Waals surface area contributed by atoms with E-state index in [-0.39, 0.29) is 5.91 Å². The zero-order valence-corrected chi connectivity index (χ0v) is 18.5. The maximum atomic E-state index is 12.7. The summed E-state index contributed by atoms with van der Waals surface area (Å²) in [6.07, 6.45) is 6.55. The molecule has 1 amide bonds. The first-order valence-corrected chi connectivity index (χ1v) is 12.0. The van der Waals surface area contributed by atoms with Gasteiger partial charge in [-0.1, -0.05) is 48.2 Å². The average molecular weight is 433 g/mol. The fourth-order valence-corrected chi connectivity index (χ4v) is 5.59. The van der Waals surface area contributed by atoms with Gasteiger partial charge in [0.1, 0.15) is 0 Å². The summed E-state index contributed by atoms with van der Waals surface area (Å²) in [5.74, 6) is 0.719. The largest absolute Gasteiger partial charge is 0.352 e. The van der Waals surface area contributed by atoms with Gasteiger partial charge in [-0.15, -0.1) is 0 Å². The molecular formula is C25H28N4OS. The maximum absolute atomic E-state index is 12.7. The molecule has 3 heterocycles. The zero-order valence-electron chi connectivity index (χ0n) is 17.6. The normalized spacial score (nSPS) is 17.0. The molecule has 5 rings (SSSR count). The molecule has 0 radical (unpaired) electrons. The Balaban J connectivity index is 1.05. The first-order valence-electron chi connectivity index (χ1n) is 11.2. The van der Waals surface area contributed by atoms with Crippen molar-refractivity contribution >= 4 is 34.6 Å². The molecule has 3 aromatic rings. The molecule has 0 atom stereocenters. The van der Waals surface area contributed by atoms with Crippen LogP contribution in [0.4, 0.5) is 0 Å². The Morgan fingerprint density at radius 1 is 1.13 bits per heavy atom. The highest BCUT2D eigenvalue weighted by Gasteiger charge is 2.22. The van der Waals surface area contributed by atoms with Crippen molar-refractivity contribution in [2.75, 3.05) is 26.2 Å². The number of thioether (sulfide) groups is 1. The van der Waals surface area contributed by atoms with Crippen molar-refractivity contribution in [1.29, 1.82) is 0 Å². The van der Waals surface area contributed by atoms with Gasteiger partial charge in [-0.3, -0.25) is 9.89 Å². The summed E-state index contributed by atoms with van der Waals surface area (Å²) in [5.41, 5.74) is 3.30. The number of amides is 1. The lowest BCUT2D eigenvalue weighted by Crippen LogP contribution is -2.36. The molecule has 31 heavy (non-hydrogen) atoms. The molecule has 0 spiro atoms. The summed E-state index contributed by atoms with van der Waals surface area (Å²) in [6, 6.07) is 16.8. The highest BCUT2D eigenvalue weighted by Crippen LogP contribution is 2.39. The predicted octanol–water partition coefficient (Wildman–Crippen LogP) is 4.47. The Morgan fingerprint density at radius 3 is 2.81 bits per heavy atom. The van der Waals surface area contributed by atoms with E-state index in [0.717, 1.165) is 52.3 Å². The molecular weight excluding hydrogens is 404 g/mol. The first-order chi connectivity index (χ1) is 15.3. The number of hydrogen-bond donors (Lipinski definition) is 2. The van der Waals surface area contributed by atoms with Crippen molar-refractivity contribution in [3.8, 4) is 0 Å². The van der Waals surface area contributed by atoms with E-state index >= 15 is 0 Å². The number of H-pyrrole nitrogens is 1. The predicted molar refractivity (Wildman–Crippen MR) is 127 cm³/mol. The number of carbonyl (C=O) groups is 1. The summed E-state index contributed by atoms with van der Waals surface area (Å²) in [4.78, 5) is 17.1. The molecule has 5 nitrogen and oxygen atoms in total. The van der Waals surface area contributed by atoms with Crippen LogP contribution in [0.3, 0.4) is 0 Å². The molecule has 0 aliphatic carbocycles. The fourth-order valence-electron chi connectivity index (χ4n) is 4.55. The third kappa shape index (κ3) is 4.70. The van der Waals surface area contributed by atoms with Crippen molar-refractivity contribution in [3.63, 3.8) is 0 Å². The summed E-state index contributed by atoms with van der Waals surface area (Å²) in [5, 5.41) is 11.6. The van der Waals surface area contributed by atoms with E-state index in [1.165, 1.54) is 43.3 Å². The molecule has 1 fully saturated rings. The van der Waals surface area contributed by atoms with Gasteiger partial charge >= 0.3 is 0 Å². The number of likely N-dealkylation sites (tertiary alicyclic amines) is 1. The van der Waals surface area contributed by atoms with Crippen LogP contribution in [0.5, 0.6) is 0 Å². The van der Waals surface area contributed by atoms with Crippen molar-refractivity contribution in [2.45, 2.75) is 30.6 Å². The van der Waals surface area contributed by atoms with Crippen LogP contribution in [-0.2, 0) is 11.2 Å². The number of nitrogens with one attached hydrogen (secondary N) is 2. The first kappa shape index (κ1) is 20.3. The lowest BCUT2D eigenvalue weighted by Gasteiger charge is -2.32. The second kappa shape index (κ2) is 9.28. The fraction of sp³-hybridized carbons (Fsp3) is 0.360. The average Bonchev–Trinajstić information content (AvgIpc) is 3.24. The van der Waals surface area contributed by atoms with Crippen LogP contribution in [0.15, 0.2) is 58.3 Å². The Morgan fingerprint density at radius 2 is 1.97 bits per heavy atom. The van der Waals surface area contributed by atoms with Crippen LogP contribution in [0.2, 0.25) is 0 Å². The van der Waals surface area contributed by atoms with E-state index in [1.807, 2.05) is 18.2 Å².